The third-order valence-electron chi connectivity index (χ3n) is 5.32. The minimum Gasteiger partial charge on any atom is -0.543 e. The Balaban J connectivity index is 0.00000400. The van der Waals surface area contributed by atoms with Gasteiger partial charge in [0.15, 0.2) is 20.6 Å². The number of hydrogen-bond donors (Lipinski definition) is 2. The number of nitrogens with one attached hydrogen (secondary N) is 2. The van der Waals surface area contributed by atoms with E-state index in [0.717, 1.165) is 35.5 Å². The van der Waals surface area contributed by atoms with Gasteiger partial charge in [-0.1, -0.05) is 23.4 Å². The van der Waals surface area contributed by atoms with Crippen molar-refractivity contribution >= 4 is 62.7 Å². The molecule has 2 aromatic rings. The maximum absolute atomic E-state index is 13.1. The first-order valence-electron chi connectivity index (χ1n) is 10.1. The average Bonchev–Trinajstić information content (AvgIpc) is 3.39. The second-order valence-electron chi connectivity index (χ2n) is 7.74. The van der Waals surface area contributed by atoms with Gasteiger partial charge in [-0.2, -0.15) is 5.16 Å². The Kier molecular flexibility index (Phi) is 9.45. The Morgan fingerprint density at radius 2 is 2.13 bits per heavy atom. The van der Waals surface area contributed by atoms with Gasteiger partial charge in [0.2, 0.25) is 11.1 Å². The molecular weight excluding hydrogens is 601 g/mol. The Bertz CT molecular complexity index is 1470. The molecular formula is C17H17ClN7NaO9S3. The number of carbonyl (C=O) groups is 3. The van der Waals surface area contributed by atoms with Crippen molar-refractivity contribution in [1.29, 1.82) is 0 Å². The fourth-order valence-electron chi connectivity index (χ4n) is 3.65. The van der Waals surface area contributed by atoms with Crippen molar-refractivity contribution in [3.63, 3.8) is 0 Å². The summed E-state index contributed by atoms with van der Waals surface area (Å²) in [7, 11) is -1.46. The summed E-state index contributed by atoms with van der Waals surface area (Å²) >= 11 is 7.94. The molecule has 4 heterocycles. The minimum atomic E-state index is -4.19. The molecule has 0 spiro atoms. The molecule has 2 atom stereocenters. The van der Waals surface area contributed by atoms with E-state index in [1.807, 2.05) is 5.16 Å². The zero-order chi connectivity index (χ0) is 27.1. The van der Waals surface area contributed by atoms with Crippen LogP contribution in [0.3, 0.4) is 0 Å². The molecule has 38 heavy (non-hydrogen) atoms. The number of aliphatic carboxylic acids is 1. The van der Waals surface area contributed by atoms with Crippen molar-refractivity contribution in [2.75, 3.05) is 24.4 Å². The molecule has 2 aromatic heterocycles. The van der Waals surface area contributed by atoms with E-state index in [9.17, 15) is 32.7 Å². The van der Waals surface area contributed by atoms with Gasteiger partial charge in [0.1, 0.15) is 16.9 Å². The number of aromatic nitrogens is 5. The van der Waals surface area contributed by atoms with Crippen LogP contribution in [-0.2, 0) is 41.8 Å². The molecule has 0 radical (unpaired) electrons. The van der Waals surface area contributed by atoms with Crippen molar-refractivity contribution in [2.45, 2.75) is 22.0 Å². The summed E-state index contributed by atoms with van der Waals surface area (Å²) in [5.74, 6) is -5.65. The van der Waals surface area contributed by atoms with E-state index in [1.165, 1.54) is 4.68 Å². The SMILES string of the molecule is CO[C@@]1(NC(=O)CS(=O)(=O)Cc2o[nH]c(=O)c2Cl)C(=O)N2C(C(=O)[O-])=C(CSc3nnnn3C)CS[C@@H]21.[Na+]. The molecule has 2 aliphatic heterocycles. The predicted octanol–water partition coefficient (Wildman–Crippen LogP) is -5.77. The van der Waals surface area contributed by atoms with E-state index in [0.29, 0.717) is 10.7 Å². The Hall–Kier alpha value is -1.87. The van der Waals surface area contributed by atoms with Gasteiger partial charge in [0.05, 0.1) is 11.7 Å². The number of hydrogen-bond acceptors (Lipinski definition) is 14. The first kappa shape index (κ1) is 30.7. The quantitative estimate of drug-likeness (QED) is 0.110. The van der Waals surface area contributed by atoms with Crippen LogP contribution in [0.25, 0.3) is 0 Å². The number of tetrazole rings is 1. The summed E-state index contributed by atoms with van der Waals surface area (Å²) in [5, 5.41) is 26.1. The monoisotopic (exact) mass is 617 g/mol. The van der Waals surface area contributed by atoms with Gasteiger partial charge in [-0.25, -0.2) is 13.1 Å². The third kappa shape index (κ3) is 5.69. The van der Waals surface area contributed by atoms with Crippen LogP contribution in [0.4, 0.5) is 0 Å². The summed E-state index contributed by atoms with van der Waals surface area (Å²) in [4.78, 5) is 50.0. The van der Waals surface area contributed by atoms with E-state index in [2.05, 4.69) is 20.8 Å². The molecule has 4 rings (SSSR count). The van der Waals surface area contributed by atoms with Crippen molar-refractivity contribution in [3.05, 3.63) is 32.4 Å². The molecule has 1 fully saturated rings. The number of methoxy groups -OCH3 is 1. The number of carboxylic acids is 1. The van der Waals surface area contributed by atoms with Crippen molar-refractivity contribution in [1.82, 2.24) is 35.6 Å². The first-order chi connectivity index (χ1) is 17.4. The average molecular weight is 618 g/mol. The third-order valence-corrected chi connectivity index (χ3v) is 9.58. The number of halogens is 1. The smallest absolute Gasteiger partial charge is 0.543 e. The molecule has 0 bridgehead atoms. The van der Waals surface area contributed by atoms with Crippen LogP contribution >= 0.6 is 35.1 Å². The summed E-state index contributed by atoms with van der Waals surface area (Å²) in [6.07, 6.45) is 0. The predicted molar refractivity (Wildman–Crippen MR) is 124 cm³/mol. The first-order valence-corrected chi connectivity index (χ1v) is 14.3. The number of sulfone groups is 1. The van der Waals surface area contributed by atoms with Crippen LogP contribution in [0.15, 0.2) is 25.7 Å². The van der Waals surface area contributed by atoms with Crippen LogP contribution < -0.4 is 45.5 Å². The van der Waals surface area contributed by atoms with Crippen molar-refractivity contribution in [3.8, 4) is 0 Å². The second kappa shape index (κ2) is 11.7. The Morgan fingerprint density at radius 1 is 1.42 bits per heavy atom. The molecule has 0 aromatic carbocycles. The number of ether oxygens (including phenoxy) is 1. The van der Waals surface area contributed by atoms with Gasteiger partial charge in [-0.05, 0) is 16.0 Å². The maximum Gasteiger partial charge on any atom is 1.00 e. The molecule has 0 unspecified atom stereocenters. The van der Waals surface area contributed by atoms with E-state index in [-0.39, 0.29) is 52.5 Å². The molecule has 200 valence electrons. The van der Waals surface area contributed by atoms with Crippen LogP contribution in [0, 0.1) is 0 Å². The van der Waals surface area contributed by atoms with E-state index >= 15 is 0 Å². The van der Waals surface area contributed by atoms with Gasteiger partial charge < -0.3 is 24.5 Å². The fourth-order valence-corrected chi connectivity index (χ4v) is 7.48. The van der Waals surface area contributed by atoms with Gasteiger partial charge in [0.25, 0.3) is 17.2 Å². The number of thioether (sulfide) groups is 2. The number of aromatic amines is 1. The largest absolute Gasteiger partial charge is 1.00 e. The summed E-state index contributed by atoms with van der Waals surface area (Å²) < 4.78 is 36.3. The number of aryl methyl sites for hydroxylation is 1. The summed E-state index contributed by atoms with van der Waals surface area (Å²) in [5.41, 5.74) is -2.84. The second-order valence-corrected chi connectivity index (χ2v) is 12.2. The van der Waals surface area contributed by atoms with Crippen LogP contribution in [0.2, 0.25) is 5.02 Å². The number of carboxylic acid groups (broad SMARTS) is 1. The summed E-state index contributed by atoms with van der Waals surface area (Å²) in [6, 6.07) is 0. The van der Waals surface area contributed by atoms with Gasteiger partial charge in [0, 0.05) is 25.7 Å². The molecule has 1 saturated heterocycles. The van der Waals surface area contributed by atoms with Crippen molar-refractivity contribution in [2.24, 2.45) is 7.05 Å². The molecule has 2 N–H and O–H groups in total. The van der Waals surface area contributed by atoms with Crippen molar-refractivity contribution < 1.29 is 66.7 Å². The topological polar surface area (TPSA) is 223 Å². The standard InChI is InChI=1S/C17H18ClN7O9S3.Na/c1-24-16(20-22-23-24)36-4-7-3-35-15-17(33-2,14(30)25(15)11(7)13(28)29)19-9(26)6-37(31,32)5-8-10(18)12(27)21-34-8;/h15H,3-6H2,1-2H3,(H,19,26)(H,21,27)(H,28,29);/q;+1/p-1/t15-,17+;/m1./s1. The molecule has 0 saturated carbocycles. The molecule has 2 amide bonds. The fraction of sp³-hybridized carbons (Fsp3) is 0.471. The van der Waals surface area contributed by atoms with Gasteiger partial charge in [-0.3, -0.25) is 19.3 Å². The zero-order valence-electron chi connectivity index (χ0n) is 19.9. The number of rotatable bonds is 10. The number of carbonyl (C=O) groups excluding carboxylic acids is 3. The van der Waals surface area contributed by atoms with Crippen LogP contribution in [0.5, 0.6) is 0 Å². The zero-order valence-corrected chi connectivity index (χ0v) is 25.1. The minimum absolute atomic E-state index is 0. The van der Waals surface area contributed by atoms with E-state index in [1.54, 1.807) is 7.05 Å². The maximum atomic E-state index is 13.1. The van der Waals surface area contributed by atoms with Gasteiger partial charge in [-0.15, -0.1) is 16.9 Å². The van der Waals surface area contributed by atoms with E-state index < -0.39 is 60.8 Å². The molecule has 21 heteroatoms. The van der Waals surface area contributed by atoms with E-state index in [4.69, 9.17) is 20.9 Å². The van der Waals surface area contributed by atoms with Crippen LogP contribution in [0.1, 0.15) is 5.76 Å². The number of fused-ring (bicyclic) bond motifs is 1. The number of H-pyrrole nitrogens is 1. The normalized spacial score (nSPS) is 21.0. The van der Waals surface area contributed by atoms with Crippen LogP contribution in [-0.4, -0.2) is 91.9 Å². The summed E-state index contributed by atoms with van der Waals surface area (Å²) in [6.45, 7) is 0. The number of β-lactam (4-membered cyclic amide) rings is 1. The molecule has 0 aliphatic carbocycles. The van der Waals surface area contributed by atoms with Gasteiger partial charge >= 0.3 is 29.6 Å². The Labute approximate surface area is 249 Å². The molecule has 2 aliphatic rings. The molecule has 16 nitrogen and oxygen atoms in total. The number of amides is 2. The Morgan fingerprint density at radius 3 is 2.68 bits per heavy atom. The number of nitrogens with zero attached hydrogens (tertiary/aromatic N) is 5.